The summed E-state index contributed by atoms with van der Waals surface area (Å²) in [6.07, 6.45) is 10.2. The molecule has 0 rings (SSSR count). The average molecular weight is 229 g/mol. The van der Waals surface area contributed by atoms with Gasteiger partial charge in [0.05, 0.1) is 5.70 Å². The van der Waals surface area contributed by atoms with E-state index >= 15 is 0 Å². The highest BCUT2D eigenvalue weighted by Gasteiger charge is 2.02. The molecule has 0 spiro atoms. The summed E-state index contributed by atoms with van der Waals surface area (Å²) in [7, 11) is 0. The monoisotopic (exact) mass is 229 g/mol. The van der Waals surface area contributed by atoms with Gasteiger partial charge in [-0.05, 0) is 30.9 Å². The molecule has 0 amide bonds. The van der Waals surface area contributed by atoms with Crippen molar-refractivity contribution in [2.75, 3.05) is 0 Å². The summed E-state index contributed by atoms with van der Waals surface area (Å²) >= 11 is 0. The zero-order valence-corrected chi connectivity index (χ0v) is 11.2. The maximum Gasteiger partial charge on any atom is 0.0593 e. The lowest BCUT2D eigenvalue weighted by atomic mass is 10.00. The first-order valence-corrected chi connectivity index (χ1v) is 5.87. The maximum absolute atomic E-state index is 4.28. The number of allylic oxidation sites excluding steroid dienone is 6. The number of rotatable bonds is 7. The van der Waals surface area contributed by atoms with Crippen LogP contribution in [0.15, 0.2) is 65.9 Å². The molecule has 0 aliphatic rings. The summed E-state index contributed by atoms with van der Waals surface area (Å²) in [5.41, 5.74) is 2.92. The number of hydrogen-bond donors (Lipinski definition) is 0. The van der Waals surface area contributed by atoms with Gasteiger partial charge in [-0.25, -0.2) is 0 Å². The largest absolute Gasteiger partial charge is 0.257 e. The highest BCUT2D eigenvalue weighted by molar-refractivity contribution is 5.72. The second-order valence-electron chi connectivity index (χ2n) is 4.14. The third-order valence-corrected chi connectivity index (χ3v) is 2.35. The van der Waals surface area contributed by atoms with Gasteiger partial charge in [0.1, 0.15) is 0 Å². The molecule has 1 nitrogen and oxygen atoms in total. The molecule has 0 aromatic heterocycles. The predicted octanol–water partition coefficient (Wildman–Crippen LogP) is 4.86. The van der Waals surface area contributed by atoms with Crippen LogP contribution in [0, 0.1) is 5.92 Å². The Kier molecular flexibility index (Phi) is 7.70. The normalized spacial score (nSPS) is 12.6. The molecule has 0 saturated carbocycles. The summed E-state index contributed by atoms with van der Waals surface area (Å²) in [4.78, 5) is 4.28. The molecule has 0 unspecified atom stereocenters. The van der Waals surface area contributed by atoms with Crippen molar-refractivity contribution in [3.8, 4) is 0 Å². The molecular weight excluding hydrogens is 206 g/mol. The van der Waals surface area contributed by atoms with Crippen molar-refractivity contribution in [1.29, 1.82) is 0 Å². The molecule has 0 aliphatic heterocycles. The molecule has 0 heterocycles. The molecule has 0 aliphatic carbocycles. The Balaban J connectivity index is 4.90. The molecule has 0 bridgehead atoms. The van der Waals surface area contributed by atoms with E-state index in [1.54, 1.807) is 6.21 Å². The molecule has 0 aromatic rings. The highest BCUT2D eigenvalue weighted by Crippen LogP contribution is 2.19. The Labute approximate surface area is 106 Å². The van der Waals surface area contributed by atoms with Crippen LogP contribution < -0.4 is 0 Å². The van der Waals surface area contributed by atoms with E-state index in [1.807, 2.05) is 25.2 Å². The smallest absolute Gasteiger partial charge is 0.0593 e. The Morgan fingerprint density at radius 1 is 1.29 bits per heavy atom. The minimum atomic E-state index is 0.433. The summed E-state index contributed by atoms with van der Waals surface area (Å²) in [5.74, 6) is 0.433. The van der Waals surface area contributed by atoms with Crippen molar-refractivity contribution in [1.82, 2.24) is 0 Å². The third-order valence-electron chi connectivity index (χ3n) is 2.35. The van der Waals surface area contributed by atoms with Gasteiger partial charge in [-0.2, -0.15) is 0 Å². The lowest BCUT2D eigenvalue weighted by molar-refractivity contribution is 0.793. The highest BCUT2D eigenvalue weighted by atomic mass is 14.7. The SMILES string of the molecule is C=CC/C(=C/C(=C)C(C)C)C(=C)N=C/C=C\C. The van der Waals surface area contributed by atoms with Crippen molar-refractivity contribution in [2.24, 2.45) is 10.9 Å². The first-order valence-electron chi connectivity index (χ1n) is 5.87. The fourth-order valence-electron chi connectivity index (χ4n) is 1.11. The molecule has 0 radical (unpaired) electrons. The first-order chi connectivity index (χ1) is 8.02. The number of aliphatic imine (C=N–C) groups is 1. The molecule has 0 fully saturated rings. The van der Waals surface area contributed by atoms with Gasteiger partial charge in [-0.1, -0.05) is 50.8 Å². The van der Waals surface area contributed by atoms with E-state index in [-0.39, 0.29) is 0 Å². The maximum atomic E-state index is 4.28. The van der Waals surface area contributed by atoms with Crippen LogP contribution in [0.1, 0.15) is 27.2 Å². The van der Waals surface area contributed by atoms with Gasteiger partial charge < -0.3 is 0 Å². The summed E-state index contributed by atoms with van der Waals surface area (Å²) in [5, 5.41) is 0. The van der Waals surface area contributed by atoms with Gasteiger partial charge in [-0.15, -0.1) is 6.58 Å². The Bertz CT molecular complexity index is 365. The van der Waals surface area contributed by atoms with Crippen LogP contribution in [0.2, 0.25) is 0 Å². The fraction of sp³-hybridized carbons (Fsp3) is 0.312. The van der Waals surface area contributed by atoms with Crippen LogP contribution in [0.25, 0.3) is 0 Å². The van der Waals surface area contributed by atoms with E-state index in [0.29, 0.717) is 5.92 Å². The zero-order valence-electron chi connectivity index (χ0n) is 11.2. The number of hydrogen-bond acceptors (Lipinski definition) is 1. The molecular formula is C16H23N. The fourth-order valence-corrected chi connectivity index (χ4v) is 1.11. The standard InChI is InChI=1S/C16H23N/c1-7-9-11-17-15(6)16(10-8-2)12-14(5)13(3)4/h7-9,11-13H,2,5-6,10H2,1,3-4H3/b9-7-,16-12-,17-11?. The summed E-state index contributed by atoms with van der Waals surface area (Å²) < 4.78 is 0. The van der Waals surface area contributed by atoms with Gasteiger partial charge in [0.15, 0.2) is 0 Å². The van der Waals surface area contributed by atoms with Crippen molar-refractivity contribution in [3.63, 3.8) is 0 Å². The van der Waals surface area contributed by atoms with E-state index in [4.69, 9.17) is 0 Å². The van der Waals surface area contributed by atoms with Gasteiger partial charge in [0.25, 0.3) is 0 Å². The quantitative estimate of drug-likeness (QED) is 0.336. The van der Waals surface area contributed by atoms with E-state index < -0.39 is 0 Å². The van der Waals surface area contributed by atoms with Crippen molar-refractivity contribution in [2.45, 2.75) is 27.2 Å². The number of nitrogens with zero attached hydrogens (tertiary/aromatic N) is 1. The van der Waals surface area contributed by atoms with Crippen LogP contribution >= 0.6 is 0 Å². The molecule has 0 aromatic carbocycles. The van der Waals surface area contributed by atoms with Gasteiger partial charge in [0, 0.05) is 6.21 Å². The molecule has 17 heavy (non-hydrogen) atoms. The van der Waals surface area contributed by atoms with Crippen LogP contribution in [0.5, 0.6) is 0 Å². The van der Waals surface area contributed by atoms with E-state index in [9.17, 15) is 0 Å². The molecule has 0 N–H and O–H groups in total. The third kappa shape index (κ3) is 6.52. The Hall–Kier alpha value is -1.63. The van der Waals surface area contributed by atoms with Crippen molar-refractivity contribution in [3.05, 3.63) is 60.9 Å². The first kappa shape index (κ1) is 15.4. The van der Waals surface area contributed by atoms with Gasteiger partial charge in [0.2, 0.25) is 0 Å². The molecule has 1 heteroatoms. The van der Waals surface area contributed by atoms with Gasteiger partial charge in [-0.3, -0.25) is 4.99 Å². The van der Waals surface area contributed by atoms with Crippen LogP contribution in [0.3, 0.4) is 0 Å². The van der Waals surface area contributed by atoms with E-state index in [2.05, 4.69) is 44.7 Å². The van der Waals surface area contributed by atoms with Crippen molar-refractivity contribution >= 4 is 6.21 Å². The second kappa shape index (κ2) is 8.51. The van der Waals surface area contributed by atoms with E-state index in [1.165, 1.54) is 0 Å². The van der Waals surface area contributed by atoms with Crippen LogP contribution in [-0.2, 0) is 0 Å². The van der Waals surface area contributed by atoms with Crippen LogP contribution in [-0.4, -0.2) is 6.21 Å². The predicted molar refractivity (Wildman–Crippen MR) is 79.3 cm³/mol. The molecule has 0 atom stereocenters. The Morgan fingerprint density at radius 2 is 1.94 bits per heavy atom. The topological polar surface area (TPSA) is 12.4 Å². The second-order valence-corrected chi connectivity index (χ2v) is 4.14. The lowest BCUT2D eigenvalue weighted by Gasteiger charge is -2.08. The van der Waals surface area contributed by atoms with Gasteiger partial charge >= 0.3 is 0 Å². The minimum absolute atomic E-state index is 0.433. The minimum Gasteiger partial charge on any atom is -0.257 e. The Morgan fingerprint density at radius 3 is 2.41 bits per heavy atom. The van der Waals surface area contributed by atoms with Crippen LogP contribution in [0.4, 0.5) is 0 Å². The average Bonchev–Trinajstić information content (AvgIpc) is 2.28. The molecule has 0 saturated heterocycles. The summed E-state index contributed by atoms with van der Waals surface area (Å²) in [6, 6.07) is 0. The lowest BCUT2D eigenvalue weighted by Crippen LogP contribution is -1.92. The zero-order chi connectivity index (χ0) is 13.3. The van der Waals surface area contributed by atoms with E-state index in [0.717, 1.165) is 23.3 Å². The summed E-state index contributed by atoms with van der Waals surface area (Å²) in [6.45, 7) is 18.0. The van der Waals surface area contributed by atoms with Crippen molar-refractivity contribution < 1.29 is 0 Å². The molecule has 92 valence electrons.